The van der Waals surface area contributed by atoms with E-state index >= 15 is 4.39 Å². The quantitative estimate of drug-likeness (QED) is 0.392. The van der Waals surface area contributed by atoms with E-state index in [1.165, 1.54) is 6.20 Å². The van der Waals surface area contributed by atoms with Crippen LogP contribution >= 0.6 is 0 Å². The number of pyridine rings is 1. The van der Waals surface area contributed by atoms with Gasteiger partial charge in [-0.25, -0.2) is 8.78 Å². The van der Waals surface area contributed by atoms with E-state index in [1.807, 2.05) is 19.0 Å². The fourth-order valence-corrected chi connectivity index (χ4v) is 5.88. The first-order chi connectivity index (χ1) is 18.6. The van der Waals surface area contributed by atoms with Gasteiger partial charge in [0.15, 0.2) is 12.0 Å². The molecule has 0 aromatic carbocycles. The topological polar surface area (TPSA) is 140 Å². The van der Waals surface area contributed by atoms with Crippen LogP contribution in [0.1, 0.15) is 19.3 Å². The molecular formula is C25H39F2N9O3. The maximum atomic E-state index is 15.1. The molecule has 4 heterocycles. The lowest BCUT2D eigenvalue weighted by Gasteiger charge is -2.40. The van der Waals surface area contributed by atoms with Crippen molar-refractivity contribution in [3.05, 3.63) is 23.1 Å². The molecule has 4 N–H and O–H groups in total. The number of carbonyl (C=O) groups is 2. The van der Waals surface area contributed by atoms with Crippen molar-refractivity contribution in [1.82, 2.24) is 25.0 Å². The largest absolute Gasteiger partial charge is 0.367 e. The van der Waals surface area contributed by atoms with Crippen molar-refractivity contribution in [3.8, 4) is 0 Å². The van der Waals surface area contributed by atoms with E-state index in [0.717, 1.165) is 25.7 Å². The molecule has 1 aromatic rings. The summed E-state index contributed by atoms with van der Waals surface area (Å²) in [6.07, 6.45) is 1.19. The summed E-state index contributed by atoms with van der Waals surface area (Å²) in [6.45, 7) is 2.37. The van der Waals surface area contributed by atoms with Crippen molar-refractivity contribution < 1.29 is 18.4 Å². The van der Waals surface area contributed by atoms with Crippen molar-refractivity contribution in [3.63, 3.8) is 0 Å². The molecule has 12 nitrogen and oxygen atoms in total. The van der Waals surface area contributed by atoms with Crippen molar-refractivity contribution in [2.75, 3.05) is 70.6 Å². The molecule has 0 bridgehead atoms. The minimum atomic E-state index is -1.41. The first kappa shape index (κ1) is 29.2. The highest BCUT2D eigenvalue weighted by Gasteiger charge is 2.41. The van der Waals surface area contributed by atoms with Crippen LogP contribution in [-0.4, -0.2) is 116 Å². The number of likely N-dealkylation sites (tertiary alicyclic amines) is 1. The highest BCUT2D eigenvalue weighted by atomic mass is 19.1. The monoisotopic (exact) mass is 551 g/mol. The Kier molecular flexibility index (Phi) is 9.41. The van der Waals surface area contributed by atoms with Gasteiger partial charge in [-0.15, -0.1) is 4.91 Å². The molecule has 1 aromatic heterocycles. The molecule has 5 atom stereocenters. The van der Waals surface area contributed by atoms with Crippen molar-refractivity contribution in [1.29, 1.82) is 0 Å². The number of rotatable bonds is 8. The van der Waals surface area contributed by atoms with Gasteiger partial charge in [-0.05, 0) is 40.4 Å². The lowest BCUT2D eigenvalue weighted by atomic mass is 9.94. The number of anilines is 2. The van der Waals surface area contributed by atoms with E-state index in [4.69, 9.17) is 5.73 Å². The standard InChI is InChI=1S/C25H39F2N9O3/c1-33(2)17-6-9-36(14-17)25(38)15-4-7-35(8-5-15)21-18(27)11-29-12-19(21)31-24(37)20(22(28)32-39)23-30-10-16(26)13-34(23)3/h11-12,15-17,20,22-23,30H,4-10,13-14,28H2,1-3H3,(H,31,37)/t16?,17-,20?,22?,23?/m1/s1. The number of aromatic nitrogens is 1. The Balaban J connectivity index is 1.45. The van der Waals surface area contributed by atoms with Crippen LogP contribution in [0.3, 0.4) is 0 Å². The van der Waals surface area contributed by atoms with Crippen molar-refractivity contribution >= 4 is 23.2 Å². The van der Waals surface area contributed by atoms with Gasteiger partial charge in [-0.1, -0.05) is 5.18 Å². The van der Waals surface area contributed by atoms with Gasteiger partial charge in [0.1, 0.15) is 17.8 Å². The van der Waals surface area contributed by atoms with Crippen LogP contribution in [0.15, 0.2) is 17.6 Å². The second kappa shape index (κ2) is 12.6. The zero-order chi connectivity index (χ0) is 28.3. The Labute approximate surface area is 227 Å². The van der Waals surface area contributed by atoms with Crippen LogP contribution < -0.4 is 21.3 Å². The normalized spacial score (nSPS) is 26.5. The van der Waals surface area contributed by atoms with Crippen molar-refractivity contribution in [2.45, 2.75) is 43.8 Å². The van der Waals surface area contributed by atoms with Crippen LogP contribution in [0.5, 0.6) is 0 Å². The molecule has 0 spiro atoms. The van der Waals surface area contributed by atoms with E-state index in [1.54, 1.807) is 16.8 Å². The van der Waals surface area contributed by atoms with Gasteiger partial charge < -0.3 is 25.8 Å². The summed E-state index contributed by atoms with van der Waals surface area (Å²) in [4.78, 5) is 49.2. The van der Waals surface area contributed by atoms with E-state index < -0.39 is 36.1 Å². The summed E-state index contributed by atoms with van der Waals surface area (Å²) >= 11 is 0. The molecule has 39 heavy (non-hydrogen) atoms. The van der Waals surface area contributed by atoms with Crippen LogP contribution in [-0.2, 0) is 9.59 Å². The summed E-state index contributed by atoms with van der Waals surface area (Å²) in [5.74, 6) is -2.44. The molecule has 3 fully saturated rings. The SMILES string of the molecule is CN1CC(F)CNC1C(C(=O)Nc1cncc(F)c1N1CCC(C(=O)N2CC[C@@H](N(C)C)C2)CC1)C(N)N=O. The first-order valence-electron chi connectivity index (χ1n) is 13.4. The maximum absolute atomic E-state index is 15.1. The number of nitrogens with two attached hydrogens (primary N) is 1. The van der Waals surface area contributed by atoms with Gasteiger partial charge in [0.05, 0.1) is 24.2 Å². The number of halogens is 2. The van der Waals surface area contributed by atoms with E-state index in [2.05, 4.69) is 25.7 Å². The number of nitrogens with zero attached hydrogens (tertiary/aromatic N) is 6. The van der Waals surface area contributed by atoms with Crippen LogP contribution in [0.4, 0.5) is 20.2 Å². The minimum absolute atomic E-state index is 0.00196. The molecule has 0 radical (unpaired) electrons. The van der Waals surface area contributed by atoms with Crippen LogP contribution in [0.25, 0.3) is 0 Å². The zero-order valence-corrected chi connectivity index (χ0v) is 22.7. The van der Waals surface area contributed by atoms with Gasteiger partial charge in [0.2, 0.25) is 11.8 Å². The molecule has 3 aliphatic rings. The number of likely N-dealkylation sites (N-methyl/N-ethyl adjacent to an activating group) is 1. The van der Waals surface area contributed by atoms with Crippen LogP contribution in [0.2, 0.25) is 0 Å². The third-order valence-corrected chi connectivity index (χ3v) is 8.14. The number of nitroso groups, excluding NO2 is 1. The van der Waals surface area contributed by atoms with Gasteiger partial charge >= 0.3 is 0 Å². The number of nitrogens with one attached hydrogen (secondary N) is 2. The van der Waals surface area contributed by atoms with E-state index in [9.17, 15) is 18.9 Å². The predicted molar refractivity (Wildman–Crippen MR) is 143 cm³/mol. The average molecular weight is 552 g/mol. The Bertz CT molecular complexity index is 1040. The van der Waals surface area contributed by atoms with Crippen molar-refractivity contribution in [2.24, 2.45) is 22.7 Å². The zero-order valence-electron chi connectivity index (χ0n) is 22.7. The molecule has 3 aliphatic heterocycles. The number of piperidine rings is 1. The highest BCUT2D eigenvalue weighted by molar-refractivity contribution is 5.96. The fourth-order valence-electron chi connectivity index (χ4n) is 5.88. The van der Waals surface area contributed by atoms with Gasteiger partial charge in [-0.3, -0.25) is 24.8 Å². The third-order valence-electron chi connectivity index (χ3n) is 8.14. The third kappa shape index (κ3) is 6.51. The summed E-state index contributed by atoms with van der Waals surface area (Å²) < 4.78 is 28.9. The number of alkyl halides is 1. The van der Waals surface area contributed by atoms with E-state index in [-0.39, 0.29) is 36.3 Å². The molecule has 2 amide bonds. The molecule has 4 rings (SSSR count). The number of amides is 2. The number of hydrogen-bond acceptors (Lipinski definition) is 10. The molecule has 0 aliphatic carbocycles. The Morgan fingerprint density at radius 2 is 1.92 bits per heavy atom. The van der Waals surface area contributed by atoms with Gasteiger partial charge in [0, 0.05) is 51.2 Å². The first-order valence-corrected chi connectivity index (χ1v) is 13.4. The molecular weight excluding hydrogens is 512 g/mol. The smallest absolute Gasteiger partial charge is 0.234 e. The molecule has 3 saturated heterocycles. The molecule has 14 heteroatoms. The minimum Gasteiger partial charge on any atom is -0.367 e. The Hall–Kier alpha value is -2.81. The average Bonchev–Trinajstić information content (AvgIpc) is 3.41. The van der Waals surface area contributed by atoms with E-state index in [0.29, 0.717) is 32.0 Å². The lowest BCUT2D eigenvalue weighted by Crippen LogP contribution is -2.62. The summed E-state index contributed by atoms with van der Waals surface area (Å²) in [5, 5.41) is 8.44. The molecule has 216 valence electrons. The second-order valence-electron chi connectivity index (χ2n) is 11.0. The number of hydrogen-bond donors (Lipinski definition) is 3. The van der Waals surface area contributed by atoms with Gasteiger partial charge in [0.25, 0.3) is 0 Å². The Morgan fingerprint density at radius 1 is 1.21 bits per heavy atom. The summed E-state index contributed by atoms with van der Waals surface area (Å²) in [7, 11) is 5.65. The summed E-state index contributed by atoms with van der Waals surface area (Å²) in [6, 6.07) is 0.361. The highest BCUT2D eigenvalue weighted by Crippen LogP contribution is 2.33. The fraction of sp³-hybridized carbons (Fsp3) is 0.720. The maximum Gasteiger partial charge on any atom is 0.234 e. The molecule has 4 unspecified atom stereocenters. The molecule has 0 saturated carbocycles. The van der Waals surface area contributed by atoms with Gasteiger partial charge in [-0.2, -0.15) is 0 Å². The summed E-state index contributed by atoms with van der Waals surface area (Å²) in [5.41, 5.74) is 6.18. The Morgan fingerprint density at radius 3 is 2.54 bits per heavy atom. The van der Waals surface area contributed by atoms with Crippen LogP contribution in [0, 0.1) is 22.6 Å². The number of carbonyl (C=O) groups excluding carboxylic acids is 2. The second-order valence-corrected chi connectivity index (χ2v) is 11.0. The lowest BCUT2D eigenvalue weighted by molar-refractivity contribution is -0.135. The predicted octanol–water partition coefficient (Wildman–Crippen LogP) is 0.405.